The van der Waals surface area contributed by atoms with Gasteiger partial charge >= 0.3 is 16.5 Å². The first-order valence-corrected chi connectivity index (χ1v) is 7.17. The molecule has 0 spiro atoms. The van der Waals surface area contributed by atoms with Crippen LogP contribution in [0.2, 0.25) is 0 Å². The fraction of sp³-hybridized carbons (Fsp3) is 0.182. The predicted molar refractivity (Wildman–Crippen MR) is 66.7 cm³/mol. The van der Waals surface area contributed by atoms with Crippen LogP contribution in [0.15, 0.2) is 29.2 Å². The van der Waals surface area contributed by atoms with Gasteiger partial charge in [0.05, 0.1) is 11.8 Å². The van der Waals surface area contributed by atoms with Gasteiger partial charge in [0.1, 0.15) is 5.75 Å². The summed E-state index contributed by atoms with van der Waals surface area (Å²) in [7, 11) is -3.89. The van der Waals surface area contributed by atoms with Crippen molar-refractivity contribution in [2.45, 2.75) is 6.36 Å². The monoisotopic (exact) mass is 323 g/mol. The molecule has 0 radical (unpaired) electrons. The molecule has 2 aromatic rings. The van der Waals surface area contributed by atoms with Gasteiger partial charge in [-0.05, 0) is 12.1 Å². The van der Waals surface area contributed by atoms with Gasteiger partial charge in [-0.3, -0.25) is 4.79 Å². The Morgan fingerprint density at radius 3 is 2.48 bits per heavy atom. The highest BCUT2D eigenvalue weighted by atomic mass is 32.2. The Morgan fingerprint density at radius 2 is 1.90 bits per heavy atom. The molecule has 0 aliphatic rings. The summed E-state index contributed by atoms with van der Waals surface area (Å²) in [5.41, 5.74) is -0.727. The number of hydrogen-bond acceptors (Lipinski definition) is 5. The third-order valence-corrected chi connectivity index (χ3v) is 2.78. The molecular formula is C11H8F3NO5S. The second-order valence-corrected chi connectivity index (χ2v) is 5.60. The number of nitrogens with one attached hydrogen (secondary N) is 1. The number of H-pyrrole nitrogens is 1. The molecule has 0 saturated heterocycles. The van der Waals surface area contributed by atoms with Crippen molar-refractivity contribution in [1.82, 2.24) is 4.98 Å². The van der Waals surface area contributed by atoms with E-state index in [0.29, 0.717) is 0 Å². The lowest BCUT2D eigenvalue weighted by Gasteiger charge is -2.09. The molecule has 0 unspecified atom stereocenters. The van der Waals surface area contributed by atoms with E-state index in [9.17, 15) is 26.4 Å². The highest BCUT2D eigenvalue weighted by molar-refractivity contribution is 7.86. The third-order valence-electron chi connectivity index (χ3n) is 2.29. The van der Waals surface area contributed by atoms with Gasteiger partial charge in [-0.2, -0.15) is 8.42 Å². The van der Waals surface area contributed by atoms with Crippen LogP contribution in [0, 0.1) is 0 Å². The van der Waals surface area contributed by atoms with Crippen LogP contribution in [0.1, 0.15) is 0 Å². The third kappa shape index (κ3) is 3.88. The lowest BCUT2D eigenvalue weighted by atomic mass is 10.2. The second-order valence-electron chi connectivity index (χ2n) is 4.02. The van der Waals surface area contributed by atoms with E-state index in [1.165, 1.54) is 0 Å². The van der Waals surface area contributed by atoms with E-state index in [1.807, 2.05) is 0 Å². The average Bonchev–Trinajstić information content (AvgIpc) is 2.29. The lowest BCUT2D eigenvalue weighted by molar-refractivity contribution is -0.274. The Balaban J connectivity index is 2.49. The van der Waals surface area contributed by atoms with E-state index in [0.717, 1.165) is 30.7 Å². The van der Waals surface area contributed by atoms with Gasteiger partial charge in [-0.1, -0.05) is 0 Å². The Morgan fingerprint density at radius 1 is 1.24 bits per heavy atom. The smallest absolute Gasteiger partial charge is 0.406 e. The highest BCUT2D eigenvalue weighted by Crippen LogP contribution is 2.25. The first kappa shape index (κ1) is 15.2. The maximum atomic E-state index is 12.1. The summed E-state index contributed by atoms with van der Waals surface area (Å²) in [5, 5.41) is -0.0364. The fourth-order valence-corrected chi connectivity index (χ4v) is 2.05. The van der Waals surface area contributed by atoms with Crippen molar-refractivity contribution in [3.05, 3.63) is 34.6 Å². The van der Waals surface area contributed by atoms with Crippen molar-refractivity contribution in [1.29, 1.82) is 0 Å². The van der Waals surface area contributed by atoms with Crippen LogP contribution in [0.5, 0.6) is 11.5 Å². The average molecular weight is 323 g/mol. The van der Waals surface area contributed by atoms with E-state index in [2.05, 4.69) is 13.9 Å². The summed E-state index contributed by atoms with van der Waals surface area (Å²) in [4.78, 5) is 14.4. The Bertz CT molecular complexity index is 841. The maximum Gasteiger partial charge on any atom is 0.573 e. The zero-order valence-corrected chi connectivity index (χ0v) is 11.2. The molecule has 6 nitrogen and oxygen atoms in total. The molecule has 1 N–H and O–H groups in total. The molecule has 0 atom stereocenters. The standard InChI is InChI=1S/C11H8F3NO5S/c1-21(17,18)20-9-5-15-8-4-6(19-11(12,13)14)2-3-7(8)10(9)16/h2-5H,1H3,(H,15,16). The molecule has 2 rings (SSSR count). The molecule has 0 fully saturated rings. The molecule has 10 heteroatoms. The minimum Gasteiger partial charge on any atom is -0.406 e. The number of hydrogen-bond donors (Lipinski definition) is 1. The quantitative estimate of drug-likeness (QED) is 0.870. The lowest BCUT2D eigenvalue weighted by Crippen LogP contribution is -2.17. The predicted octanol–water partition coefficient (Wildman–Crippen LogP) is 1.77. The number of halogens is 3. The molecule has 0 aliphatic heterocycles. The van der Waals surface area contributed by atoms with E-state index < -0.39 is 33.4 Å². The van der Waals surface area contributed by atoms with Gasteiger partial charge < -0.3 is 13.9 Å². The molecule has 114 valence electrons. The molecule has 0 bridgehead atoms. The fourth-order valence-electron chi connectivity index (χ4n) is 1.60. The molecule has 0 aliphatic carbocycles. The molecule has 1 aromatic carbocycles. The van der Waals surface area contributed by atoms with Crippen molar-refractivity contribution in [2.75, 3.05) is 6.26 Å². The summed E-state index contributed by atoms with van der Waals surface area (Å²) in [6.07, 6.45) is -3.15. The van der Waals surface area contributed by atoms with Crippen molar-refractivity contribution in [2.24, 2.45) is 0 Å². The topological polar surface area (TPSA) is 85.5 Å². The SMILES string of the molecule is CS(=O)(=O)Oc1c[nH]c2cc(OC(F)(F)F)ccc2c1=O. The van der Waals surface area contributed by atoms with Crippen molar-refractivity contribution in [3.63, 3.8) is 0 Å². The number of alkyl halides is 3. The molecule has 1 heterocycles. The number of ether oxygens (including phenoxy) is 1. The van der Waals surface area contributed by atoms with Crippen LogP contribution < -0.4 is 14.3 Å². The van der Waals surface area contributed by atoms with Crippen LogP contribution in [0.4, 0.5) is 13.2 Å². The molecule has 0 amide bonds. The highest BCUT2D eigenvalue weighted by Gasteiger charge is 2.31. The van der Waals surface area contributed by atoms with E-state index >= 15 is 0 Å². The minimum atomic E-state index is -4.85. The van der Waals surface area contributed by atoms with Crippen molar-refractivity contribution in [3.8, 4) is 11.5 Å². The summed E-state index contributed by atoms with van der Waals surface area (Å²) >= 11 is 0. The molecule has 21 heavy (non-hydrogen) atoms. The van der Waals surface area contributed by atoms with Crippen LogP contribution in [0.3, 0.4) is 0 Å². The summed E-state index contributed by atoms with van der Waals surface area (Å²) in [5.74, 6) is -0.989. The second kappa shape index (κ2) is 4.95. The van der Waals surface area contributed by atoms with Crippen LogP contribution >= 0.6 is 0 Å². The largest absolute Gasteiger partial charge is 0.573 e. The number of aromatic nitrogens is 1. The van der Waals surface area contributed by atoms with Gasteiger partial charge in [-0.25, -0.2) is 0 Å². The molecule has 1 aromatic heterocycles. The van der Waals surface area contributed by atoms with Gasteiger partial charge in [-0.15, -0.1) is 13.2 Å². The number of fused-ring (bicyclic) bond motifs is 1. The van der Waals surface area contributed by atoms with Crippen molar-refractivity contribution >= 4 is 21.0 Å². The van der Waals surface area contributed by atoms with Crippen LogP contribution in [0.25, 0.3) is 10.9 Å². The van der Waals surface area contributed by atoms with Gasteiger partial charge in [0, 0.05) is 17.6 Å². The van der Waals surface area contributed by atoms with E-state index in [-0.39, 0.29) is 10.9 Å². The van der Waals surface area contributed by atoms with E-state index in [1.54, 1.807) is 0 Å². The Labute approximate surface area is 116 Å². The first-order valence-electron chi connectivity index (χ1n) is 5.36. The normalized spacial score (nSPS) is 12.4. The van der Waals surface area contributed by atoms with Crippen molar-refractivity contribution < 1.29 is 30.5 Å². The Kier molecular flexibility index (Phi) is 3.58. The van der Waals surface area contributed by atoms with Crippen LogP contribution in [-0.2, 0) is 10.1 Å². The van der Waals surface area contributed by atoms with Crippen LogP contribution in [-0.4, -0.2) is 26.0 Å². The first-order chi connectivity index (χ1) is 9.55. The zero-order valence-electron chi connectivity index (χ0n) is 10.4. The van der Waals surface area contributed by atoms with E-state index in [4.69, 9.17) is 0 Å². The van der Waals surface area contributed by atoms with Gasteiger partial charge in [0.2, 0.25) is 11.2 Å². The summed E-state index contributed by atoms with van der Waals surface area (Å²) < 4.78 is 66.4. The number of aromatic amines is 1. The minimum absolute atomic E-state index is 0.0364. The Hall–Kier alpha value is -2.23. The number of pyridine rings is 1. The zero-order chi connectivity index (χ0) is 15.8. The maximum absolute atomic E-state index is 12.1. The summed E-state index contributed by atoms with van der Waals surface area (Å²) in [6, 6.07) is 2.98. The number of benzene rings is 1. The van der Waals surface area contributed by atoms with Gasteiger partial charge in [0.25, 0.3) is 0 Å². The number of rotatable bonds is 3. The molecular weight excluding hydrogens is 315 g/mol. The summed E-state index contributed by atoms with van der Waals surface area (Å²) in [6.45, 7) is 0. The molecule has 0 saturated carbocycles. The van der Waals surface area contributed by atoms with Gasteiger partial charge in [0.15, 0.2) is 0 Å².